The van der Waals surface area contributed by atoms with Gasteiger partial charge in [-0.15, -0.1) is 0 Å². The smallest absolute Gasteiger partial charge is 0.387 e. The molecule has 29 heavy (non-hydrogen) atoms. The summed E-state index contributed by atoms with van der Waals surface area (Å²) in [6, 6.07) is 12.8. The fraction of sp³-hybridized carbons (Fsp3) is 0.200. The molecule has 6 nitrogen and oxygen atoms in total. The summed E-state index contributed by atoms with van der Waals surface area (Å²) >= 11 is 6.07. The van der Waals surface area contributed by atoms with Crippen LogP contribution in [0.5, 0.6) is 11.6 Å². The lowest BCUT2D eigenvalue weighted by atomic mass is 9.97. The van der Waals surface area contributed by atoms with Gasteiger partial charge in [-0.1, -0.05) is 23.7 Å². The van der Waals surface area contributed by atoms with Gasteiger partial charge in [-0.05, 0) is 35.9 Å². The number of aromatic nitrogens is 1. The molecule has 1 heterocycles. The molecule has 3 rings (SSSR count). The van der Waals surface area contributed by atoms with Gasteiger partial charge in [0.2, 0.25) is 5.88 Å². The van der Waals surface area contributed by atoms with Gasteiger partial charge in [-0.2, -0.15) is 14.0 Å². The molecule has 1 aromatic heterocycles. The largest absolute Gasteiger partial charge is 0.474 e. The second-order valence-electron chi connectivity index (χ2n) is 6.00. The quantitative estimate of drug-likeness (QED) is 0.604. The van der Waals surface area contributed by atoms with E-state index in [0.717, 1.165) is 0 Å². The number of aliphatic hydroxyl groups is 2. The summed E-state index contributed by atoms with van der Waals surface area (Å²) in [5.74, 6) is -0.0920. The second-order valence-corrected chi connectivity index (χ2v) is 6.43. The number of halogens is 3. The first-order valence-electron chi connectivity index (χ1n) is 8.43. The van der Waals surface area contributed by atoms with Gasteiger partial charge in [0.15, 0.2) is 5.69 Å². The first kappa shape index (κ1) is 20.7. The summed E-state index contributed by atoms with van der Waals surface area (Å²) in [7, 11) is 0. The van der Waals surface area contributed by atoms with Gasteiger partial charge in [0.1, 0.15) is 24.5 Å². The predicted octanol–water partition coefficient (Wildman–Crippen LogP) is 3.76. The van der Waals surface area contributed by atoms with Gasteiger partial charge in [0.25, 0.3) is 0 Å². The van der Waals surface area contributed by atoms with Crippen LogP contribution in [0.4, 0.5) is 8.78 Å². The van der Waals surface area contributed by atoms with Crippen molar-refractivity contribution in [3.05, 3.63) is 53.2 Å². The monoisotopic (exact) mass is 420 g/mol. The van der Waals surface area contributed by atoms with E-state index in [1.54, 1.807) is 24.3 Å². The predicted molar refractivity (Wildman–Crippen MR) is 102 cm³/mol. The summed E-state index contributed by atoms with van der Waals surface area (Å²) in [6.07, 6.45) is -1.15. The highest BCUT2D eigenvalue weighted by molar-refractivity contribution is 6.31. The first-order valence-corrected chi connectivity index (χ1v) is 8.81. The molecule has 2 aromatic carbocycles. The lowest BCUT2D eigenvalue weighted by Crippen LogP contribution is -2.21. The number of ether oxygens (including phenoxy) is 2. The van der Waals surface area contributed by atoms with Gasteiger partial charge in [0.05, 0.1) is 6.61 Å². The molecule has 0 aliphatic rings. The van der Waals surface area contributed by atoms with Crippen molar-refractivity contribution in [2.45, 2.75) is 12.7 Å². The third kappa shape index (κ3) is 4.71. The zero-order chi connectivity index (χ0) is 21.0. The molecule has 3 aromatic rings. The Kier molecular flexibility index (Phi) is 6.44. The van der Waals surface area contributed by atoms with E-state index in [-0.39, 0.29) is 23.9 Å². The van der Waals surface area contributed by atoms with Crippen LogP contribution in [-0.4, -0.2) is 41.1 Å². The average Bonchev–Trinajstić information content (AvgIpc) is 2.70. The lowest BCUT2D eigenvalue weighted by molar-refractivity contribution is -0.0497. The van der Waals surface area contributed by atoms with E-state index in [2.05, 4.69) is 9.72 Å². The van der Waals surface area contributed by atoms with Crippen molar-refractivity contribution in [1.29, 1.82) is 5.26 Å². The van der Waals surface area contributed by atoms with Crippen LogP contribution in [0.3, 0.4) is 0 Å². The van der Waals surface area contributed by atoms with Gasteiger partial charge >= 0.3 is 6.61 Å². The van der Waals surface area contributed by atoms with Crippen molar-refractivity contribution in [2.24, 2.45) is 0 Å². The van der Waals surface area contributed by atoms with Gasteiger partial charge in [-0.25, -0.2) is 4.98 Å². The maximum Gasteiger partial charge on any atom is 0.387 e. The van der Waals surface area contributed by atoms with Crippen LogP contribution in [0.2, 0.25) is 5.02 Å². The standard InChI is InChI=1S/C20H15ClF2N2O4/c21-12-3-1-2-11(6-12)18-16-7-14(29-20(22)23)4-5-15(16)19(25-17(18)8-24)28-10-13(27)9-26/h1-7,13,20,26-27H,9-10H2. The number of rotatable bonds is 7. The highest BCUT2D eigenvalue weighted by atomic mass is 35.5. The number of aliphatic hydroxyl groups excluding tert-OH is 2. The van der Waals surface area contributed by atoms with E-state index < -0.39 is 19.3 Å². The maximum atomic E-state index is 12.7. The van der Waals surface area contributed by atoms with Crippen molar-refractivity contribution < 1.29 is 28.5 Å². The Labute approximate surface area is 169 Å². The van der Waals surface area contributed by atoms with Crippen molar-refractivity contribution in [3.63, 3.8) is 0 Å². The molecule has 0 saturated carbocycles. The normalized spacial score (nSPS) is 12.0. The minimum Gasteiger partial charge on any atom is -0.474 e. The summed E-state index contributed by atoms with van der Waals surface area (Å²) < 4.78 is 35.3. The molecular formula is C20H15ClF2N2O4. The van der Waals surface area contributed by atoms with Crippen LogP contribution in [0.15, 0.2) is 42.5 Å². The molecule has 2 N–H and O–H groups in total. The van der Waals surface area contributed by atoms with E-state index in [1.165, 1.54) is 18.2 Å². The van der Waals surface area contributed by atoms with E-state index in [0.29, 0.717) is 26.9 Å². The highest BCUT2D eigenvalue weighted by Crippen LogP contribution is 2.38. The topological polar surface area (TPSA) is 95.6 Å². The summed E-state index contributed by atoms with van der Waals surface area (Å²) in [4.78, 5) is 4.21. The number of pyridine rings is 1. The minimum atomic E-state index is -3.02. The van der Waals surface area contributed by atoms with E-state index in [1.807, 2.05) is 6.07 Å². The minimum absolute atomic E-state index is 0.0124. The Morgan fingerprint density at radius 1 is 1.17 bits per heavy atom. The summed E-state index contributed by atoms with van der Waals surface area (Å²) in [6.45, 7) is -3.81. The van der Waals surface area contributed by atoms with Crippen LogP contribution < -0.4 is 9.47 Å². The number of nitriles is 1. The number of fused-ring (bicyclic) bond motifs is 1. The number of nitrogens with zero attached hydrogens (tertiary/aromatic N) is 2. The third-order valence-electron chi connectivity index (χ3n) is 4.01. The second kappa shape index (κ2) is 9.01. The molecule has 0 amide bonds. The SMILES string of the molecule is N#Cc1nc(OCC(O)CO)c2ccc(OC(F)F)cc2c1-c1cccc(Cl)c1. The molecule has 0 radical (unpaired) electrons. The Hall–Kier alpha value is -2.99. The Bertz CT molecular complexity index is 1070. The average molecular weight is 421 g/mol. The Morgan fingerprint density at radius 2 is 1.97 bits per heavy atom. The zero-order valence-electron chi connectivity index (χ0n) is 14.8. The van der Waals surface area contributed by atoms with Gasteiger partial charge in [-0.3, -0.25) is 0 Å². The number of alkyl halides is 2. The fourth-order valence-electron chi connectivity index (χ4n) is 2.79. The molecule has 9 heteroatoms. The van der Waals surface area contributed by atoms with Gasteiger partial charge < -0.3 is 19.7 Å². The van der Waals surface area contributed by atoms with Gasteiger partial charge in [0, 0.05) is 21.4 Å². The molecule has 1 atom stereocenters. The van der Waals surface area contributed by atoms with Crippen molar-refractivity contribution in [1.82, 2.24) is 4.98 Å². The molecule has 0 spiro atoms. The number of hydrogen-bond acceptors (Lipinski definition) is 6. The van der Waals surface area contributed by atoms with Crippen molar-refractivity contribution in [3.8, 4) is 28.8 Å². The fourth-order valence-corrected chi connectivity index (χ4v) is 2.98. The van der Waals surface area contributed by atoms with E-state index in [4.69, 9.17) is 21.4 Å². The molecule has 0 fully saturated rings. The third-order valence-corrected chi connectivity index (χ3v) is 4.24. The molecule has 150 valence electrons. The summed E-state index contributed by atoms with van der Waals surface area (Å²) in [5, 5.41) is 29.3. The Balaban J connectivity index is 2.25. The van der Waals surface area contributed by atoms with Crippen LogP contribution in [0.25, 0.3) is 21.9 Å². The molecule has 0 bridgehead atoms. The Morgan fingerprint density at radius 3 is 2.62 bits per heavy atom. The maximum absolute atomic E-state index is 12.7. The van der Waals surface area contributed by atoms with E-state index >= 15 is 0 Å². The molecule has 0 aliphatic carbocycles. The van der Waals surface area contributed by atoms with Crippen LogP contribution in [0, 0.1) is 11.3 Å². The molecular weight excluding hydrogens is 406 g/mol. The first-order chi connectivity index (χ1) is 13.9. The number of benzene rings is 2. The molecule has 0 saturated heterocycles. The van der Waals surface area contributed by atoms with E-state index in [9.17, 15) is 19.1 Å². The van der Waals surface area contributed by atoms with Crippen molar-refractivity contribution >= 4 is 22.4 Å². The molecule has 0 aliphatic heterocycles. The van der Waals surface area contributed by atoms with Crippen molar-refractivity contribution in [2.75, 3.05) is 13.2 Å². The van der Waals surface area contributed by atoms with Crippen LogP contribution in [0.1, 0.15) is 5.69 Å². The number of hydrogen-bond donors (Lipinski definition) is 2. The lowest BCUT2D eigenvalue weighted by Gasteiger charge is -2.16. The highest BCUT2D eigenvalue weighted by Gasteiger charge is 2.19. The summed E-state index contributed by atoms with van der Waals surface area (Å²) in [5.41, 5.74) is 0.907. The van der Waals surface area contributed by atoms with Crippen LogP contribution in [-0.2, 0) is 0 Å². The molecule has 1 unspecified atom stereocenters. The van der Waals surface area contributed by atoms with Crippen LogP contribution >= 0.6 is 11.6 Å². The zero-order valence-corrected chi connectivity index (χ0v) is 15.6.